The van der Waals surface area contributed by atoms with Gasteiger partial charge in [-0.25, -0.2) is 0 Å². The highest BCUT2D eigenvalue weighted by atomic mass is 35.5. The van der Waals surface area contributed by atoms with Gasteiger partial charge in [0, 0.05) is 19.7 Å². The Labute approximate surface area is 132 Å². The van der Waals surface area contributed by atoms with Gasteiger partial charge in [0.2, 0.25) is 0 Å². The van der Waals surface area contributed by atoms with Crippen LogP contribution < -0.4 is 10.6 Å². The summed E-state index contributed by atoms with van der Waals surface area (Å²) in [6.07, 6.45) is 2.61. The van der Waals surface area contributed by atoms with E-state index in [0.29, 0.717) is 13.2 Å². The summed E-state index contributed by atoms with van der Waals surface area (Å²) in [5.41, 5.74) is 2.17. The highest BCUT2D eigenvalue weighted by Crippen LogP contribution is 2.17. The Hall–Kier alpha value is -1.36. The van der Waals surface area contributed by atoms with Crippen LogP contribution in [-0.2, 0) is 9.53 Å². The summed E-state index contributed by atoms with van der Waals surface area (Å²) in [6, 6.07) is 9.62. The first-order valence-electron chi connectivity index (χ1n) is 7.14. The van der Waals surface area contributed by atoms with Gasteiger partial charge in [0.15, 0.2) is 6.10 Å². The second-order valence-electron chi connectivity index (χ2n) is 4.78. The third-order valence-electron chi connectivity index (χ3n) is 3.32. The van der Waals surface area contributed by atoms with Crippen molar-refractivity contribution in [2.75, 3.05) is 26.2 Å². The molecule has 2 N–H and O–H groups in total. The SMILES string of the molecule is CCOC(C(=O)NCC1=CCNCC1)c1ccccc1.Cl. The summed E-state index contributed by atoms with van der Waals surface area (Å²) in [5.74, 6) is -0.0718. The summed E-state index contributed by atoms with van der Waals surface area (Å²) in [6.45, 7) is 4.89. The Morgan fingerprint density at radius 2 is 2.14 bits per heavy atom. The molecule has 1 amide bonds. The number of ether oxygens (including phenoxy) is 1. The first-order chi connectivity index (χ1) is 9.81. The number of benzene rings is 1. The van der Waals surface area contributed by atoms with Gasteiger partial charge in [0.25, 0.3) is 5.91 Å². The Bertz CT molecular complexity index is 463. The van der Waals surface area contributed by atoms with Crippen molar-refractivity contribution in [3.8, 4) is 0 Å². The molecule has 0 bridgehead atoms. The maximum atomic E-state index is 12.3. The maximum Gasteiger partial charge on any atom is 0.254 e. The molecule has 0 spiro atoms. The number of rotatable bonds is 6. The fourth-order valence-corrected chi connectivity index (χ4v) is 2.24. The van der Waals surface area contributed by atoms with Crippen molar-refractivity contribution in [3.05, 3.63) is 47.5 Å². The first-order valence-corrected chi connectivity index (χ1v) is 7.14. The van der Waals surface area contributed by atoms with Crippen molar-refractivity contribution in [3.63, 3.8) is 0 Å². The lowest BCUT2D eigenvalue weighted by Crippen LogP contribution is -2.34. The van der Waals surface area contributed by atoms with Gasteiger partial charge < -0.3 is 15.4 Å². The van der Waals surface area contributed by atoms with Gasteiger partial charge in [-0.2, -0.15) is 0 Å². The van der Waals surface area contributed by atoms with Crippen LogP contribution in [0.2, 0.25) is 0 Å². The second kappa shape index (κ2) is 9.55. The average Bonchev–Trinajstić information content (AvgIpc) is 2.52. The lowest BCUT2D eigenvalue weighted by atomic mass is 10.1. The van der Waals surface area contributed by atoms with E-state index in [1.165, 1.54) is 5.57 Å². The molecule has 5 heteroatoms. The van der Waals surface area contributed by atoms with E-state index in [9.17, 15) is 4.79 Å². The molecule has 0 aliphatic carbocycles. The smallest absolute Gasteiger partial charge is 0.254 e. The minimum Gasteiger partial charge on any atom is -0.364 e. The lowest BCUT2D eigenvalue weighted by molar-refractivity contribution is -0.132. The molecule has 116 valence electrons. The predicted molar refractivity (Wildman–Crippen MR) is 86.6 cm³/mol. The first kappa shape index (κ1) is 17.7. The molecule has 0 fully saturated rings. The second-order valence-corrected chi connectivity index (χ2v) is 4.78. The van der Waals surface area contributed by atoms with Crippen molar-refractivity contribution >= 4 is 18.3 Å². The van der Waals surface area contributed by atoms with Crippen LogP contribution in [-0.4, -0.2) is 32.1 Å². The van der Waals surface area contributed by atoms with E-state index in [1.807, 2.05) is 37.3 Å². The third kappa shape index (κ3) is 5.50. The number of hydrogen-bond donors (Lipinski definition) is 2. The maximum absolute atomic E-state index is 12.3. The molecule has 0 aromatic heterocycles. The van der Waals surface area contributed by atoms with Crippen LogP contribution in [0.3, 0.4) is 0 Å². The van der Waals surface area contributed by atoms with Crippen LogP contribution in [0.4, 0.5) is 0 Å². The molecule has 1 aromatic carbocycles. The summed E-state index contributed by atoms with van der Waals surface area (Å²) >= 11 is 0. The van der Waals surface area contributed by atoms with Crippen LogP contribution in [0.15, 0.2) is 42.0 Å². The Kier molecular flexibility index (Phi) is 8.05. The molecule has 1 atom stereocenters. The number of amides is 1. The van der Waals surface area contributed by atoms with Gasteiger partial charge in [0.05, 0.1) is 0 Å². The van der Waals surface area contributed by atoms with Crippen LogP contribution in [0.1, 0.15) is 25.0 Å². The predicted octanol–water partition coefficient (Wildman–Crippen LogP) is 2.22. The molecular weight excluding hydrogens is 288 g/mol. The highest BCUT2D eigenvalue weighted by molar-refractivity contribution is 5.85. The van der Waals surface area contributed by atoms with Gasteiger partial charge in [-0.05, 0) is 25.5 Å². The largest absolute Gasteiger partial charge is 0.364 e. The molecule has 0 saturated carbocycles. The van der Waals surface area contributed by atoms with E-state index < -0.39 is 6.10 Å². The number of halogens is 1. The quantitative estimate of drug-likeness (QED) is 0.792. The summed E-state index contributed by atoms with van der Waals surface area (Å²) in [7, 11) is 0. The van der Waals surface area contributed by atoms with Crippen molar-refractivity contribution in [2.45, 2.75) is 19.4 Å². The zero-order valence-corrected chi connectivity index (χ0v) is 13.1. The fraction of sp³-hybridized carbons (Fsp3) is 0.438. The fourth-order valence-electron chi connectivity index (χ4n) is 2.24. The number of nitrogens with one attached hydrogen (secondary N) is 2. The molecule has 2 rings (SSSR count). The van der Waals surface area contributed by atoms with Crippen LogP contribution in [0, 0.1) is 0 Å². The van der Waals surface area contributed by atoms with Crippen LogP contribution in [0.5, 0.6) is 0 Å². The zero-order chi connectivity index (χ0) is 14.2. The number of hydrogen-bond acceptors (Lipinski definition) is 3. The van der Waals surface area contributed by atoms with E-state index >= 15 is 0 Å². The molecular formula is C16H23ClN2O2. The molecule has 1 aliphatic rings. The van der Waals surface area contributed by atoms with Gasteiger partial charge in [-0.15, -0.1) is 12.4 Å². The van der Waals surface area contributed by atoms with Crippen molar-refractivity contribution in [1.29, 1.82) is 0 Å². The Morgan fingerprint density at radius 1 is 1.38 bits per heavy atom. The molecule has 1 aromatic rings. The molecule has 21 heavy (non-hydrogen) atoms. The molecule has 1 aliphatic heterocycles. The zero-order valence-electron chi connectivity index (χ0n) is 12.3. The summed E-state index contributed by atoms with van der Waals surface area (Å²) in [4.78, 5) is 12.3. The molecule has 1 unspecified atom stereocenters. The van der Waals surface area contributed by atoms with Crippen LogP contribution in [0.25, 0.3) is 0 Å². The third-order valence-corrected chi connectivity index (χ3v) is 3.32. The standard InChI is InChI=1S/C16H22N2O2.ClH/c1-2-20-15(14-6-4-3-5-7-14)16(19)18-12-13-8-10-17-11-9-13;/h3-8,15,17H,2,9-12H2,1H3,(H,18,19);1H. The van der Waals surface area contributed by atoms with Crippen molar-refractivity contribution in [2.24, 2.45) is 0 Å². The lowest BCUT2D eigenvalue weighted by Gasteiger charge is -2.19. The summed E-state index contributed by atoms with van der Waals surface area (Å²) < 4.78 is 5.59. The minimum absolute atomic E-state index is 0. The topological polar surface area (TPSA) is 50.4 Å². The normalized spacial score (nSPS) is 15.6. The number of carbonyl (C=O) groups is 1. The van der Waals surface area contributed by atoms with Crippen molar-refractivity contribution in [1.82, 2.24) is 10.6 Å². The minimum atomic E-state index is -0.525. The molecule has 0 radical (unpaired) electrons. The molecule has 1 heterocycles. The average molecular weight is 311 g/mol. The van der Waals surface area contributed by atoms with E-state index in [1.54, 1.807) is 0 Å². The van der Waals surface area contributed by atoms with Gasteiger partial charge in [0.1, 0.15) is 0 Å². The van der Waals surface area contributed by atoms with E-state index in [2.05, 4.69) is 16.7 Å². The van der Waals surface area contributed by atoms with Gasteiger partial charge in [-0.3, -0.25) is 4.79 Å². The van der Waals surface area contributed by atoms with Crippen molar-refractivity contribution < 1.29 is 9.53 Å². The van der Waals surface area contributed by atoms with Gasteiger partial charge >= 0.3 is 0 Å². The van der Waals surface area contributed by atoms with Gasteiger partial charge in [-0.1, -0.05) is 42.0 Å². The Balaban J connectivity index is 0.00000220. The Morgan fingerprint density at radius 3 is 2.76 bits per heavy atom. The van der Waals surface area contributed by atoms with E-state index in [0.717, 1.165) is 25.1 Å². The van der Waals surface area contributed by atoms with Crippen LogP contribution >= 0.6 is 12.4 Å². The monoisotopic (exact) mass is 310 g/mol. The molecule has 0 saturated heterocycles. The molecule has 4 nitrogen and oxygen atoms in total. The highest BCUT2D eigenvalue weighted by Gasteiger charge is 2.20. The van der Waals surface area contributed by atoms with E-state index in [4.69, 9.17) is 4.74 Å². The van der Waals surface area contributed by atoms with E-state index in [-0.39, 0.29) is 18.3 Å². The summed E-state index contributed by atoms with van der Waals surface area (Å²) in [5, 5.41) is 6.23. The number of carbonyl (C=O) groups excluding carboxylic acids is 1.